The maximum Gasteiger partial charge on any atom is 0.224 e. The van der Waals surface area contributed by atoms with Crippen LogP contribution in [0.25, 0.3) is 0 Å². The molecule has 1 aromatic rings. The molecule has 2 rings (SSSR count). The van der Waals surface area contributed by atoms with Gasteiger partial charge in [-0.3, -0.25) is 4.79 Å². The van der Waals surface area contributed by atoms with Gasteiger partial charge in [0.2, 0.25) is 11.9 Å². The predicted molar refractivity (Wildman–Crippen MR) is 75.2 cm³/mol. The molecule has 3 N–H and O–H groups in total. The maximum absolute atomic E-state index is 11.1. The van der Waals surface area contributed by atoms with Crippen LogP contribution in [-0.4, -0.2) is 35.0 Å². The van der Waals surface area contributed by atoms with Crippen molar-refractivity contribution in [1.82, 2.24) is 15.3 Å². The first-order valence-electron chi connectivity index (χ1n) is 6.79. The summed E-state index contributed by atoms with van der Waals surface area (Å²) >= 11 is 0. The fourth-order valence-electron chi connectivity index (χ4n) is 1.99. The lowest BCUT2D eigenvalue weighted by atomic mass is 10.2. The highest BCUT2D eigenvalue weighted by Gasteiger charge is 2.20. The molecule has 0 aliphatic carbocycles. The second-order valence-corrected chi connectivity index (χ2v) is 4.84. The quantitative estimate of drug-likeness (QED) is 0.721. The smallest absolute Gasteiger partial charge is 0.224 e. The van der Waals surface area contributed by atoms with Crippen LogP contribution in [0.5, 0.6) is 0 Å². The van der Waals surface area contributed by atoms with Gasteiger partial charge in [0.25, 0.3) is 0 Å². The van der Waals surface area contributed by atoms with Crippen LogP contribution >= 0.6 is 0 Å². The van der Waals surface area contributed by atoms with Crippen molar-refractivity contribution in [1.29, 1.82) is 0 Å². The molecule has 1 fully saturated rings. The number of aryl methyl sites for hydroxylation is 1. The molecule has 1 aliphatic heterocycles. The zero-order valence-corrected chi connectivity index (χ0v) is 11.5. The van der Waals surface area contributed by atoms with E-state index in [1.807, 2.05) is 6.92 Å². The van der Waals surface area contributed by atoms with Gasteiger partial charge in [0.05, 0.1) is 0 Å². The van der Waals surface area contributed by atoms with Gasteiger partial charge in [-0.05, 0) is 19.8 Å². The Balaban J connectivity index is 1.92. The van der Waals surface area contributed by atoms with E-state index in [0.717, 1.165) is 30.8 Å². The predicted octanol–water partition coefficient (Wildman–Crippen LogP) is 1.30. The van der Waals surface area contributed by atoms with Gasteiger partial charge >= 0.3 is 0 Å². The van der Waals surface area contributed by atoms with Crippen LogP contribution in [-0.2, 0) is 4.79 Å². The topological polar surface area (TPSA) is 78.9 Å². The summed E-state index contributed by atoms with van der Waals surface area (Å²) in [5, 5.41) is 9.38. The minimum Gasteiger partial charge on any atom is -0.368 e. The Morgan fingerprint density at radius 1 is 1.47 bits per heavy atom. The van der Waals surface area contributed by atoms with Gasteiger partial charge in [0, 0.05) is 37.3 Å². The number of nitrogens with zero attached hydrogens (tertiary/aromatic N) is 2. The van der Waals surface area contributed by atoms with Crippen molar-refractivity contribution in [3.8, 4) is 0 Å². The molecule has 0 bridgehead atoms. The van der Waals surface area contributed by atoms with E-state index >= 15 is 0 Å². The molecule has 1 unspecified atom stereocenters. The largest absolute Gasteiger partial charge is 0.368 e. The third-order valence-corrected chi connectivity index (χ3v) is 3.11. The third kappa shape index (κ3) is 3.81. The molecule has 0 aromatic carbocycles. The first kappa shape index (κ1) is 13.6. The summed E-state index contributed by atoms with van der Waals surface area (Å²) in [6.07, 6.45) is 4.35. The molecule has 2 heterocycles. The first-order chi connectivity index (χ1) is 9.19. The normalized spacial score (nSPS) is 18.2. The number of nitrogens with one attached hydrogen (secondary N) is 3. The summed E-state index contributed by atoms with van der Waals surface area (Å²) < 4.78 is 0. The lowest BCUT2D eigenvalue weighted by Crippen LogP contribution is -2.32. The SMILES string of the molecule is CCCNc1ncc(C)c(NCC2CCC(=O)N2)n1. The fourth-order valence-corrected chi connectivity index (χ4v) is 1.99. The van der Waals surface area contributed by atoms with Crippen molar-refractivity contribution in [2.45, 2.75) is 39.2 Å². The van der Waals surface area contributed by atoms with Crippen molar-refractivity contribution >= 4 is 17.7 Å². The highest BCUT2D eigenvalue weighted by atomic mass is 16.1. The molecule has 104 valence electrons. The van der Waals surface area contributed by atoms with Gasteiger partial charge in [-0.15, -0.1) is 0 Å². The average Bonchev–Trinajstić information content (AvgIpc) is 2.82. The number of hydrogen-bond donors (Lipinski definition) is 3. The minimum absolute atomic E-state index is 0.136. The average molecular weight is 263 g/mol. The molecular formula is C13H21N5O. The van der Waals surface area contributed by atoms with E-state index in [1.165, 1.54) is 0 Å². The Morgan fingerprint density at radius 3 is 3.00 bits per heavy atom. The van der Waals surface area contributed by atoms with Crippen LogP contribution in [0.15, 0.2) is 6.20 Å². The molecule has 6 nitrogen and oxygen atoms in total. The Kier molecular flexibility index (Phi) is 4.54. The summed E-state index contributed by atoms with van der Waals surface area (Å²) in [4.78, 5) is 19.8. The van der Waals surface area contributed by atoms with E-state index in [1.54, 1.807) is 6.20 Å². The summed E-state index contributed by atoms with van der Waals surface area (Å²) in [7, 11) is 0. The van der Waals surface area contributed by atoms with Gasteiger partial charge in [0.15, 0.2) is 0 Å². The van der Waals surface area contributed by atoms with Crippen LogP contribution in [0.3, 0.4) is 0 Å². The summed E-state index contributed by atoms with van der Waals surface area (Å²) in [5.74, 6) is 1.61. The molecular weight excluding hydrogens is 242 g/mol. The van der Waals surface area contributed by atoms with E-state index in [4.69, 9.17) is 0 Å². The van der Waals surface area contributed by atoms with Gasteiger partial charge in [-0.1, -0.05) is 6.92 Å². The molecule has 1 amide bonds. The maximum atomic E-state index is 11.1. The summed E-state index contributed by atoms with van der Waals surface area (Å²) in [6.45, 7) is 5.64. The molecule has 1 aromatic heterocycles. The zero-order chi connectivity index (χ0) is 13.7. The Morgan fingerprint density at radius 2 is 2.32 bits per heavy atom. The first-order valence-corrected chi connectivity index (χ1v) is 6.79. The lowest BCUT2D eigenvalue weighted by Gasteiger charge is -2.14. The Bertz CT molecular complexity index is 449. The monoisotopic (exact) mass is 263 g/mol. The van der Waals surface area contributed by atoms with Gasteiger partial charge < -0.3 is 16.0 Å². The fraction of sp³-hybridized carbons (Fsp3) is 0.615. The van der Waals surface area contributed by atoms with Crippen molar-refractivity contribution in [2.24, 2.45) is 0 Å². The molecule has 1 aliphatic rings. The minimum atomic E-state index is 0.136. The lowest BCUT2D eigenvalue weighted by molar-refractivity contribution is -0.119. The molecule has 1 atom stereocenters. The molecule has 19 heavy (non-hydrogen) atoms. The number of carbonyl (C=O) groups is 1. The van der Waals surface area contributed by atoms with Crippen molar-refractivity contribution in [2.75, 3.05) is 23.7 Å². The molecule has 0 spiro atoms. The molecule has 6 heteroatoms. The van der Waals surface area contributed by atoms with Crippen LogP contribution < -0.4 is 16.0 Å². The van der Waals surface area contributed by atoms with Gasteiger partial charge in [-0.2, -0.15) is 4.98 Å². The third-order valence-electron chi connectivity index (χ3n) is 3.11. The summed E-state index contributed by atoms with van der Waals surface area (Å²) in [5.41, 5.74) is 1.01. The van der Waals surface area contributed by atoms with Crippen molar-refractivity contribution in [3.05, 3.63) is 11.8 Å². The number of carbonyl (C=O) groups excluding carboxylic acids is 1. The van der Waals surface area contributed by atoms with Crippen LogP contribution in [0.1, 0.15) is 31.7 Å². The number of rotatable bonds is 6. The second-order valence-electron chi connectivity index (χ2n) is 4.84. The summed E-state index contributed by atoms with van der Waals surface area (Å²) in [6, 6.07) is 0.203. The number of hydrogen-bond acceptors (Lipinski definition) is 5. The zero-order valence-electron chi connectivity index (χ0n) is 11.5. The van der Waals surface area contributed by atoms with Crippen molar-refractivity contribution in [3.63, 3.8) is 0 Å². The van der Waals surface area contributed by atoms with E-state index in [9.17, 15) is 4.79 Å². The Hall–Kier alpha value is -1.85. The number of amides is 1. The van der Waals surface area contributed by atoms with Gasteiger partial charge in [0.1, 0.15) is 5.82 Å². The number of aromatic nitrogens is 2. The van der Waals surface area contributed by atoms with E-state index in [-0.39, 0.29) is 11.9 Å². The molecule has 0 radical (unpaired) electrons. The highest BCUT2D eigenvalue weighted by molar-refractivity contribution is 5.78. The second kappa shape index (κ2) is 6.36. The van der Waals surface area contributed by atoms with Crippen molar-refractivity contribution < 1.29 is 4.79 Å². The molecule has 1 saturated heterocycles. The number of anilines is 2. The Labute approximate surface area is 113 Å². The van der Waals surface area contributed by atoms with Crippen LogP contribution in [0.2, 0.25) is 0 Å². The van der Waals surface area contributed by atoms with E-state index in [0.29, 0.717) is 18.9 Å². The highest BCUT2D eigenvalue weighted by Crippen LogP contribution is 2.14. The van der Waals surface area contributed by atoms with Crippen LogP contribution in [0, 0.1) is 6.92 Å². The van der Waals surface area contributed by atoms with Crippen LogP contribution in [0.4, 0.5) is 11.8 Å². The molecule has 0 saturated carbocycles. The standard InChI is InChI=1S/C13H21N5O/c1-3-6-14-13-16-7-9(2)12(18-13)15-8-10-4-5-11(19)17-10/h7,10H,3-6,8H2,1-2H3,(H,17,19)(H2,14,15,16,18). The van der Waals surface area contributed by atoms with E-state index in [2.05, 4.69) is 32.8 Å². The van der Waals surface area contributed by atoms with Gasteiger partial charge in [-0.25, -0.2) is 4.98 Å². The van der Waals surface area contributed by atoms with E-state index < -0.39 is 0 Å².